The zero-order valence-corrected chi connectivity index (χ0v) is 13.4. The standard InChI is InChI=1S/C17H24N2S/c1-13(12-20-3)19(2)17(11-18)16-9-8-14-6-4-5-7-15(14)10-16/h4-10,13,17H,11-12,18H2,1-3H3. The lowest BCUT2D eigenvalue weighted by molar-refractivity contribution is 0.204. The van der Waals surface area contributed by atoms with Crippen molar-refractivity contribution >= 4 is 22.5 Å². The Bertz CT molecular complexity index is 555. The molecule has 2 aromatic carbocycles. The molecule has 2 N–H and O–H groups in total. The van der Waals surface area contributed by atoms with Crippen molar-refractivity contribution in [1.82, 2.24) is 4.90 Å². The maximum absolute atomic E-state index is 6.04. The van der Waals surface area contributed by atoms with E-state index in [2.05, 4.69) is 67.6 Å². The van der Waals surface area contributed by atoms with Crippen LogP contribution in [0.2, 0.25) is 0 Å². The number of benzene rings is 2. The number of likely N-dealkylation sites (N-methyl/N-ethyl adjacent to an activating group) is 1. The predicted molar refractivity (Wildman–Crippen MR) is 91.4 cm³/mol. The van der Waals surface area contributed by atoms with E-state index in [-0.39, 0.29) is 6.04 Å². The number of hydrogen-bond donors (Lipinski definition) is 1. The van der Waals surface area contributed by atoms with E-state index >= 15 is 0 Å². The molecule has 2 aromatic rings. The average Bonchev–Trinajstić information content (AvgIpc) is 2.48. The van der Waals surface area contributed by atoms with E-state index in [4.69, 9.17) is 5.73 Å². The minimum atomic E-state index is 0.279. The van der Waals surface area contributed by atoms with Gasteiger partial charge in [0.15, 0.2) is 0 Å². The van der Waals surface area contributed by atoms with Crippen LogP contribution in [0.25, 0.3) is 10.8 Å². The van der Waals surface area contributed by atoms with Crippen LogP contribution in [-0.4, -0.2) is 36.5 Å². The smallest absolute Gasteiger partial charge is 0.0470 e. The molecule has 0 bridgehead atoms. The van der Waals surface area contributed by atoms with Gasteiger partial charge in [0.25, 0.3) is 0 Å². The molecule has 0 heterocycles. The summed E-state index contributed by atoms with van der Waals surface area (Å²) >= 11 is 1.88. The van der Waals surface area contributed by atoms with Gasteiger partial charge in [-0.25, -0.2) is 0 Å². The highest BCUT2D eigenvalue weighted by Gasteiger charge is 2.20. The summed E-state index contributed by atoms with van der Waals surface area (Å²) < 4.78 is 0. The van der Waals surface area contributed by atoms with Gasteiger partial charge < -0.3 is 5.73 Å². The van der Waals surface area contributed by atoms with Gasteiger partial charge >= 0.3 is 0 Å². The van der Waals surface area contributed by atoms with Crippen LogP contribution in [0.3, 0.4) is 0 Å². The molecule has 3 heteroatoms. The van der Waals surface area contributed by atoms with Crippen LogP contribution < -0.4 is 5.73 Å². The second kappa shape index (κ2) is 7.11. The molecule has 0 saturated heterocycles. The molecule has 0 amide bonds. The van der Waals surface area contributed by atoms with Crippen LogP contribution in [0.1, 0.15) is 18.5 Å². The molecular formula is C17H24N2S. The van der Waals surface area contributed by atoms with Crippen molar-refractivity contribution in [2.45, 2.75) is 19.0 Å². The van der Waals surface area contributed by atoms with Crippen molar-refractivity contribution in [3.63, 3.8) is 0 Å². The predicted octanol–water partition coefficient (Wildman–Crippen LogP) is 3.52. The maximum atomic E-state index is 6.04. The molecule has 0 aliphatic carbocycles. The Morgan fingerprint density at radius 2 is 1.85 bits per heavy atom. The van der Waals surface area contributed by atoms with Crippen LogP contribution in [-0.2, 0) is 0 Å². The van der Waals surface area contributed by atoms with Crippen molar-refractivity contribution in [3.05, 3.63) is 48.0 Å². The van der Waals surface area contributed by atoms with Gasteiger partial charge in [-0.1, -0.05) is 36.4 Å². The first-order valence-corrected chi connectivity index (χ1v) is 8.46. The first-order chi connectivity index (χ1) is 9.67. The van der Waals surface area contributed by atoms with Crippen LogP contribution in [0, 0.1) is 0 Å². The number of rotatable bonds is 6. The summed E-state index contributed by atoms with van der Waals surface area (Å²) in [6.45, 7) is 2.91. The van der Waals surface area contributed by atoms with Crippen LogP contribution in [0.4, 0.5) is 0 Å². The van der Waals surface area contributed by atoms with Gasteiger partial charge in [0.05, 0.1) is 0 Å². The summed E-state index contributed by atoms with van der Waals surface area (Å²) in [4.78, 5) is 2.39. The zero-order valence-electron chi connectivity index (χ0n) is 12.5. The summed E-state index contributed by atoms with van der Waals surface area (Å²) in [7, 11) is 2.17. The van der Waals surface area contributed by atoms with Gasteiger partial charge in [-0.15, -0.1) is 0 Å². The summed E-state index contributed by atoms with van der Waals surface area (Å²) in [5.74, 6) is 1.13. The molecule has 2 nitrogen and oxygen atoms in total. The van der Waals surface area contributed by atoms with Crippen molar-refractivity contribution in [2.24, 2.45) is 5.73 Å². The lowest BCUT2D eigenvalue weighted by Gasteiger charge is -2.32. The molecule has 2 unspecified atom stereocenters. The second-order valence-corrected chi connectivity index (χ2v) is 6.24. The fourth-order valence-electron chi connectivity index (χ4n) is 2.62. The van der Waals surface area contributed by atoms with Crippen LogP contribution in [0.5, 0.6) is 0 Å². The maximum Gasteiger partial charge on any atom is 0.0470 e. The van der Waals surface area contributed by atoms with Crippen LogP contribution in [0.15, 0.2) is 42.5 Å². The van der Waals surface area contributed by atoms with E-state index in [9.17, 15) is 0 Å². The van der Waals surface area contributed by atoms with E-state index in [1.807, 2.05) is 11.8 Å². The quantitative estimate of drug-likeness (QED) is 0.882. The molecule has 2 rings (SSSR count). The number of nitrogens with zero attached hydrogens (tertiary/aromatic N) is 1. The fourth-order valence-corrected chi connectivity index (χ4v) is 3.34. The lowest BCUT2D eigenvalue weighted by Crippen LogP contribution is -2.38. The molecule has 0 fully saturated rings. The lowest BCUT2D eigenvalue weighted by atomic mass is 10.0. The third-order valence-corrected chi connectivity index (χ3v) is 4.79. The summed E-state index contributed by atoms with van der Waals surface area (Å²) in [5.41, 5.74) is 7.34. The molecule has 20 heavy (non-hydrogen) atoms. The molecule has 0 saturated carbocycles. The average molecular weight is 288 g/mol. The van der Waals surface area contributed by atoms with Gasteiger partial charge in [0, 0.05) is 24.4 Å². The molecule has 0 radical (unpaired) electrons. The monoisotopic (exact) mass is 288 g/mol. The Hall–Kier alpha value is -1.03. The molecule has 2 atom stereocenters. The van der Waals surface area contributed by atoms with Crippen LogP contribution >= 0.6 is 11.8 Å². The zero-order chi connectivity index (χ0) is 14.5. The highest BCUT2D eigenvalue weighted by molar-refractivity contribution is 7.98. The molecule has 0 aliphatic heterocycles. The highest BCUT2D eigenvalue weighted by Crippen LogP contribution is 2.25. The molecule has 0 spiro atoms. The first-order valence-electron chi connectivity index (χ1n) is 7.07. The van der Waals surface area contributed by atoms with Gasteiger partial charge in [0.1, 0.15) is 0 Å². The van der Waals surface area contributed by atoms with Gasteiger partial charge in [-0.2, -0.15) is 11.8 Å². The normalized spacial score (nSPS) is 14.7. The third kappa shape index (κ3) is 3.35. The van der Waals surface area contributed by atoms with E-state index in [0.717, 1.165) is 5.75 Å². The Balaban J connectivity index is 2.29. The summed E-state index contributed by atoms with van der Waals surface area (Å²) in [5, 5.41) is 2.57. The van der Waals surface area contributed by atoms with E-state index in [1.54, 1.807) is 0 Å². The third-order valence-electron chi connectivity index (χ3n) is 3.98. The molecule has 0 aliphatic rings. The first kappa shape index (κ1) is 15.4. The Kier molecular flexibility index (Phi) is 5.46. The van der Waals surface area contributed by atoms with E-state index in [0.29, 0.717) is 12.6 Å². The highest BCUT2D eigenvalue weighted by atomic mass is 32.2. The topological polar surface area (TPSA) is 29.3 Å². The Labute approximate surface area is 126 Å². The number of thioether (sulfide) groups is 1. The van der Waals surface area contributed by atoms with Gasteiger partial charge in [-0.3, -0.25) is 4.90 Å². The molecular weight excluding hydrogens is 264 g/mol. The van der Waals surface area contributed by atoms with E-state index < -0.39 is 0 Å². The van der Waals surface area contributed by atoms with E-state index in [1.165, 1.54) is 16.3 Å². The van der Waals surface area contributed by atoms with Gasteiger partial charge in [-0.05, 0) is 42.6 Å². The van der Waals surface area contributed by atoms with Gasteiger partial charge in [0.2, 0.25) is 0 Å². The minimum Gasteiger partial charge on any atom is -0.329 e. The summed E-state index contributed by atoms with van der Waals surface area (Å²) in [6, 6.07) is 16.0. The number of fused-ring (bicyclic) bond motifs is 1. The van der Waals surface area contributed by atoms with Crippen molar-refractivity contribution in [1.29, 1.82) is 0 Å². The Morgan fingerprint density at radius 1 is 1.15 bits per heavy atom. The SMILES string of the molecule is CSCC(C)N(C)C(CN)c1ccc2ccccc2c1. The molecule has 0 aromatic heterocycles. The van der Waals surface area contributed by atoms with Crippen molar-refractivity contribution in [2.75, 3.05) is 25.6 Å². The largest absolute Gasteiger partial charge is 0.329 e. The summed E-state index contributed by atoms with van der Waals surface area (Å²) in [6.07, 6.45) is 2.15. The van der Waals surface area contributed by atoms with Crippen molar-refractivity contribution in [3.8, 4) is 0 Å². The molecule has 108 valence electrons. The number of hydrogen-bond acceptors (Lipinski definition) is 3. The number of nitrogens with two attached hydrogens (primary N) is 1. The minimum absolute atomic E-state index is 0.279. The Morgan fingerprint density at radius 3 is 2.50 bits per heavy atom. The second-order valence-electron chi connectivity index (χ2n) is 5.33. The fraction of sp³-hybridized carbons (Fsp3) is 0.412. The van der Waals surface area contributed by atoms with Crippen molar-refractivity contribution < 1.29 is 0 Å².